The second-order valence-electron chi connectivity index (χ2n) is 5.98. The van der Waals surface area contributed by atoms with E-state index in [0.29, 0.717) is 6.42 Å². The molecule has 0 spiro atoms. The van der Waals surface area contributed by atoms with Gasteiger partial charge in [-0.3, -0.25) is 14.9 Å². The Morgan fingerprint density at radius 3 is 2.46 bits per heavy atom. The van der Waals surface area contributed by atoms with Gasteiger partial charge in [0.2, 0.25) is 0 Å². The maximum Gasteiger partial charge on any atom is 0.321 e. The Balaban J connectivity index is 1.75. The third-order valence-electron chi connectivity index (χ3n) is 4.18. The van der Waals surface area contributed by atoms with Gasteiger partial charge in [0.1, 0.15) is 0 Å². The normalized spacial score (nSPS) is 15.5. The number of nitrogens with one attached hydrogen (secondary N) is 2. The molecule has 0 aliphatic heterocycles. The zero-order valence-electron chi connectivity index (χ0n) is 13.9. The van der Waals surface area contributed by atoms with Crippen molar-refractivity contribution in [2.24, 2.45) is 0 Å². The lowest BCUT2D eigenvalue weighted by Crippen LogP contribution is -2.45. The fourth-order valence-corrected chi connectivity index (χ4v) is 2.92. The molecule has 1 atom stereocenters. The molecule has 0 heterocycles. The van der Waals surface area contributed by atoms with Crippen LogP contribution >= 0.6 is 0 Å². The van der Waals surface area contributed by atoms with Gasteiger partial charge in [0.15, 0.2) is 6.61 Å². The summed E-state index contributed by atoms with van der Waals surface area (Å²) in [5, 5.41) is 4.94. The monoisotopic (exact) mass is 332 g/mol. The smallest absolute Gasteiger partial charge is 0.321 e. The summed E-state index contributed by atoms with van der Waals surface area (Å²) in [5.41, 5.74) is 0.851. The lowest BCUT2D eigenvalue weighted by molar-refractivity contribution is -0.149. The lowest BCUT2D eigenvalue weighted by Gasteiger charge is -2.15. The zero-order valence-corrected chi connectivity index (χ0v) is 13.9. The first kappa shape index (κ1) is 18.0. The molecule has 2 N–H and O–H groups in total. The third kappa shape index (κ3) is 5.37. The number of imide groups is 1. The van der Waals surface area contributed by atoms with E-state index in [1.54, 1.807) is 0 Å². The van der Waals surface area contributed by atoms with Crippen LogP contribution in [0.15, 0.2) is 30.3 Å². The van der Waals surface area contributed by atoms with Gasteiger partial charge >= 0.3 is 12.0 Å². The first-order valence-corrected chi connectivity index (χ1v) is 8.42. The van der Waals surface area contributed by atoms with E-state index in [1.807, 2.05) is 37.3 Å². The molecule has 0 aromatic heterocycles. The SMILES string of the molecule is CCC(C(=O)OCC(=O)NC(=O)NC1CCCC1)c1ccccc1. The van der Waals surface area contributed by atoms with E-state index in [1.165, 1.54) is 0 Å². The third-order valence-corrected chi connectivity index (χ3v) is 4.18. The van der Waals surface area contributed by atoms with Crippen LogP contribution in [0.5, 0.6) is 0 Å². The van der Waals surface area contributed by atoms with Crippen molar-refractivity contribution in [3.63, 3.8) is 0 Å². The second-order valence-corrected chi connectivity index (χ2v) is 5.98. The molecule has 1 aromatic carbocycles. The highest BCUT2D eigenvalue weighted by molar-refractivity contribution is 5.95. The summed E-state index contributed by atoms with van der Waals surface area (Å²) >= 11 is 0. The van der Waals surface area contributed by atoms with E-state index in [2.05, 4.69) is 10.6 Å². The quantitative estimate of drug-likeness (QED) is 0.784. The van der Waals surface area contributed by atoms with E-state index < -0.39 is 30.4 Å². The van der Waals surface area contributed by atoms with Crippen molar-refractivity contribution in [3.05, 3.63) is 35.9 Å². The van der Waals surface area contributed by atoms with E-state index in [0.717, 1.165) is 31.2 Å². The molecule has 1 saturated carbocycles. The average Bonchev–Trinajstić information content (AvgIpc) is 3.07. The van der Waals surface area contributed by atoms with Crippen molar-refractivity contribution >= 4 is 17.9 Å². The molecule has 24 heavy (non-hydrogen) atoms. The number of hydrogen-bond acceptors (Lipinski definition) is 4. The minimum atomic E-state index is -0.623. The molecular formula is C18H24N2O4. The van der Waals surface area contributed by atoms with Gasteiger partial charge in [-0.15, -0.1) is 0 Å². The molecule has 0 radical (unpaired) electrons. The largest absolute Gasteiger partial charge is 0.455 e. The molecule has 130 valence electrons. The van der Waals surface area contributed by atoms with E-state index in [9.17, 15) is 14.4 Å². The van der Waals surface area contributed by atoms with Gasteiger partial charge in [-0.1, -0.05) is 50.1 Å². The summed E-state index contributed by atoms with van der Waals surface area (Å²) in [6.45, 7) is 1.42. The van der Waals surface area contributed by atoms with Crippen molar-refractivity contribution in [1.82, 2.24) is 10.6 Å². The summed E-state index contributed by atoms with van der Waals surface area (Å²) in [4.78, 5) is 35.6. The fraction of sp³-hybridized carbons (Fsp3) is 0.500. The van der Waals surface area contributed by atoms with Crippen LogP contribution in [-0.4, -0.2) is 30.6 Å². The lowest BCUT2D eigenvalue weighted by atomic mass is 9.97. The highest BCUT2D eigenvalue weighted by atomic mass is 16.5. The molecule has 1 aliphatic rings. The Hall–Kier alpha value is -2.37. The molecule has 2 rings (SSSR count). The molecule has 3 amide bonds. The van der Waals surface area contributed by atoms with Crippen molar-refractivity contribution in [2.45, 2.75) is 51.0 Å². The van der Waals surface area contributed by atoms with E-state index in [4.69, 9.17) is 4.74 Å². The van der Waals surface area contributed by atoms with Crippen LogP contribution in [-0.2, 0) is 14.3 Å². The van der Waals surface area contributed by atoms with Crippen LogP contribution in [0.1, 0.15) is 50.5 Å². The van der Waals surface area contributed by atoms with Crippen LogP contribution in [0.3, 0.4) is 0 Å². The van der Waals surface area contributed by atoms with Crippen molar-refractivity contribution in [1.29, 1.82) is 0 Å². The number of carbonyl (C=O) groups is 3. The predicted molar refractivity (Wildman–Crippen MR) is 89.4 cm³/mol. The highest BCUT2D eigenvalue weighted by Gasteiger charge is 2.22. The van der Waals surface area contributed by atoms with Crippen molar-refractivity contribution in [3.8, 4) is 0 Å². The zero-order chi connectivity index (χ0) is 17.4. The van der Waals surface area contributed by atoms with Gasteiger partial charge < -0.3 is 10.1 Å². The summed E-state index contributed by atoms with van der Waals surface area (Å²) in [7, 11) is 0. The summed E-state index contributed by atoms with van der Waals surface area (Å²) in [6.07, 6.45) is 4.63. The first-order valence-electron chi connectivity index (χ1n) is 8.42. The molecule has 1 fully saturated rings. The van der Waals surface area contributed by atoms with E-state index in [-0.39, 0.29) is 6.04 Å². The van der Waals surface area contributed by atoms with Crippen LogP contribution in [0, 0.1) is 0 Å². The maximum absolute atomic E-state index is 12.1. The second kappa shape index (κ2) is 9.05. The number of hydrogen-bond donors (Lipinski definition) is 2. The predicted octanol–water partition coefficient (Wildman–Crippen LogP) is 2.49. The average molecular weight is 332 g/mol. The number of urea groups is 1. The Kier molecular flexibility index (Phi) is 6.78. The number of benzene rings is 1. The molecule has 0 bridgehead atoms. The molecule has 1 aromatic rings. The van der Waals surface area contributed by atoms with Gasteiger partial charge in [-0.05, 0) is 24.8 Å². The molecule has 1 aliphatic carbocycles. The molecule has 1 unspecified atom stereocenters. The Morgan fingerprint density at radius 2 is 1.83 bits per heavy atom. The fourth-order valence-electron chi connectivity index (χ4n) is 2.92. The Bertz CT molecular complexity index is 568. The number of rotatable bonds is 6. The topological polar surface area (TPSA) is 84.5 Å². The minimum absolute atomic E-state index is 0.128. The maximum atomic E-state index is 12.1. The minimum Gasteiger partial charge on any atom is -0.455 e. The Labute approximate surface area is 142 Å². The van der Waals surface area contributed by atoms with E-state index >= 15 is 0 Å². The van der Waals surface area contributed by atoms with Crippen LogP contribution in [0.25, 0.3) is 0 Å². The Morgan fingerprint density at radius 1 is 1.17 bits per heavy atom. The van der Waals surface area contributed by atoms with Crippen molar-refractivity contribution in [2.75, 3.05) is 6.61 Å². The summed E-state index contributed by atoms with van der Waals surface area (Å²) < 4.78 is 5.05. The van der Waals surface area contributed by atoms with Gasteiger partial charge in [-0.25, -0.2) is 4.79 Å². The number of amides is 3. The van der Waals surface area contributed by atoms with Crippen molar-refractivity contribution < 1.29 is 19.1 Å². The standard InChI is InChI=1S/C18H24N2O4/c1-2-15(13-8-4-3-5-9-13)17(22)24-12-16(21)20-18(23)19-14-10-6-7-11-14/h3-5,8-9,14-15H,2,6-7,10-12H2,1H3,(H2,19,20,21,23). The van der Waals surface area contributed by atoms with Gasteiger partial charge in [-0.2, -0.15) is 0 Å². The number of esters is 1. The summed E-state index contributed by atoms with van der Waals surface area (Å²) in [6, 6.07) is 8.88. The summed E-state index contributed by atoms with van der Waals surface area (Å²) in [5.74, 6) is -1.50. The molecule has 0 saturated heterocycles. The first-order chi connectivity index (χ1) is 11.6. The highest BCUT2D eigenvalue weighted by Crippen LogP contribution is 2.20. The molecule has 6 nitrogen and oxygen atoms in total. The van der Waals surface area contributed by atoms with Gasteiger partial charge in [0.25, 0.3) is 5.91 Å². The van der Waals surface area contributed by atoms with Crippen LogP contribution < -0.4 is 10.6 Å². The molecule has 6 heteroatoms. The molecular weight excluding hydrogens is 308 g/mol. The number of carbonyl (C=O) groups excluding carboxylic acids is 3. The van der Waals surface area contributed by atoms with Gasteiger partial charge in [0, 0.05) is 6.04 Å². The number of ether oxygens (including phenoxy) is 1. The van der Waals surface area contributed by atoms with Gasteiger partial charge in [0.05, 0.1) is 5.92 Å². The van der Waals surface area contributed by atoms with Crippen LogP contribution in [0.2, 0.25) is 0 Å². The van der Waals surface area contributed by atoms with Crippen LogP contribution in [0.4, 0.5) is 4.79 Å².